The number of sulfone groups is 1. The van der Waals surface area contributed by atoms with Crippen LogP contribution in [-0.4, -0.2) is 101 Å². The molecule has 1 aliphatic heterocycles. The van der Waals surface area contributed by atoms with Crippen molar-refractivity contribution in [3.8, 4) is 0 Å². The zero-order valence-corrected chi connectivity index (χ0v) is 39.1. The Morgan fingerprint density at radius 2 is 1.11 bits per heavy atom. The van der Waals surface area contributed by atoms with E-state index < -0.39 is 185 Å². The molecule has 0 radical (unpaired) electrons. The van der Waals surface area contributed by atoms with Gasteiger partial charge in [-0.15, -0.1) is 0 Å². The van der Waals surface area contributed by atoms with E-state index in [0.717, 1.165) is 36.4 Å². The molecular weight excluding hydrogens is 1050 g/mol. The van der Waals surface area contributed by atoms with Gasteiger partial charge < -0.3 is 10.4 Å². The van der Waals surface area contributed by atoms with Crippen molar-refractivity contribution in [2.24, 2.45) is 5.92 Å². The molecule has 364 valence electrons. The molecule has 1 unspecified atom stereocenters. The molecule has 1 heterocycles. The van der Waals surface area contributed by atoms with E-state index in [1.54, 1.807) is 0 Å². The van der Waals surface area contributed by atoms with Gasteiger partial charge in [0.15, 0.2) is 26.8 Å². The number of aliphatic hydroxyl groups is 1. The highest BCUT2D eigenvalue weighted by Gasteiger charge is 2.41. The Labute approximate surface area is 392 Å². The summed E-state index contributed by atoms with van der Waals surface area (Å²) in [5.41, 5.74) is -7.01. The number of hydrogen-bond donors (Lipinski definition) is 7. The normalized spacial score (nSPS) is 15.5. The predicted molar refractivity (Wildman–Crippen MR) is 239 cm³/mol. The highest BCUT2D eigenvalue weighted by Crippen LogP contribution is 2.38. The first kappa shape index (κ1) is 49.7. The molecule has 3 aliphatic rings. The zero-order valence-electron chi connectivity index (χ0n) is 34.2. The van der Waals surface area contributed by atoms with Gasteiger partial charge in [-0.3, -0.25) is 41.9 Å². The standard InChI is InChI=1S/C40H26N2O22S6/c43-36(17-4-3-5-18(12-17)66(50,51)52)34-31-20-6-1-2-7-21(20)39(46)32-26(15-30(70(62,63)64)35(33(31)32)42-40(34)47)41-25-14-28(29(69(59,60)61)16-27(25)68(56,57)58)65(48,49)11-10-23-37(44)22-9-8-19(67(53,54)55)13-24(22)38(23)45/h1-9,12-16,23,41,43H,10-11H2,(H,50,51,52)(H,53,54,55)(H,56,57,58)(H,59,60,61)(H,62,63,64). The van der Waals surface area contributed by atoms with Crippen molar-refractivity contribution in [1.82, 2.24) is 4.98 Å². The molecule has 30 heteroatoms. The van der Waals surface area contributed by atoms with Gasteiger partial charge in [0.2, 0.25) is 0 Å². The van der Waals surface area contributed by atoms with Crippen molar-refractivity contribution in [3.63, 3.8) is 0 Å². The summed E-state index contributed by atoms with van der Waals surface area (Å²) in [7, 11) is -32.4. The van der Waals surface area contributed by atoms with Crippen LogP contribution in [0.3, 0.4) is 0 Å². The molecule has 2 aliphatic carbocycles. The fraction of sp³-hybridized carbons (Fsp3) is 0.0750. The molecule has 0 aromatic heterocycles. The number of carbonyl (C=O) groups is 2. The molecule has 5 aromatic carbocycles. The number of nitrogens with zero attached hydrogens (tertiary/aromatic N) is 1. The van der Waals surface area contributed by atoms with Crippen LogP contribution >= 0.6 is 0 Å². The Kier molecular flexibility index (Phi) is 11.7. The van der Waals surface area contributed by atoms with Gasteiger partial charge in [-0.05, 0) is 60.3 Å². The third-order valence-electron chi connectivity index (χ3n) is 11.1. The molecule has 24 nitrogen and oxygen atoms in total. The number of fused-ring (bicyclic) bond motifs is 3. The monoisotopic (exact) mass is 1080 g/mol. The summed E-state index contributed by atoms with van der Waals surface area (Å²) in [6.45, 7) is 0. The smallest absolute Gasteiger partial charge is 0.296 e. The Morgan fingerprint density at radius 1 is 0.543 bits per heavy atom. The van der Waals surface area contributed by atoms with E-state index in [-0.39, 0.29) is 28.5 Å². The lowest BCUT2D eigenvalue weighted by molar-refractivity contribution is 0.0835. The van der Waals surface area contributed by atoms with Crippen molar-refractivity contribution < 1.29 is 88.0 Å². The van der Waals surface area contributed by atoms with Gasteiger partial charge in [0.05, 0.1) is 53.9 Å². The number of carbonyl (C=O) groups excluding carboxylic acids is 2. The molecule has 5 aromatic rings. The van der Waals surface area contributed by atoms with Crippen LogP contribution in [0.5, 0.6) is 0 Å². The van der Waals surface area contributed by atoms with Crippen LogP contribution in [0.2, 0.25) is 0 Å². The summed E-state index contributed by atoms with van der Waals surface area (Å²) in [6, 6.07) is 11.6. The van der Waals surface area contributed by atoms with Gasteiger partial charge in [-0.2, -0.15) is 42.1 Å². The van der Waals surface area contributed by atoms with Crippen LogP contribution in [0.1, 0.15) is 32.7 Å². The fourth-order valence-electron chi connectivity index (χ4n) is 8.08. The predicted octanol–water partition coefficient (Wildman–Crippen LogP) is 1.54. The summed E-state index contributed by atoms with van der Waals surface area (Å²) in [5, 5.41) is 10.5. The van der Waals surface area contributed by atoms with Crippen molar-refractivity contribution in [2.45, 2.75) is 35.8 Å². The number of ketones is 2. The van der Waals surface area contributed by atoms with Crippen LogP contribution in [0.25, 0.3) is 27.4 Å². The molecule has 1 atom stereocenters. The maximum Gasteiger partial charge on any atom is 0.296 e. The average molecular weight is 1080 g/mol. The second-order valence-corrected chi connectivity index (χ2v) is 24.4. The Hall–Kier alpha value is -6.71. The maximum absolute atomic E-state index is 14.6. The van der Waals surface area contributed by atoms with Gasteiger partial charge >= 0.3 is 0 Å². The summed E-state index contributed by atoms with van der Waals surface area (Å²) in [6.07, 6.45) is -0.978. The van der Waals surface area contributed by atoms with Gasteiger partial charge in [-0.1, -0.05) is 36.4 Å². The maximum atomic E-state index is 14.6. The van der Waals surface area contributed by atoms with E-state index in [0.29, 0.717) is 12.1 Å². The molecule has 7 N–H and O–H groups in total. The van der Waals surface area contributed by atoms with Crippen LogP contribution in [-0.2, 0) is 60.4 Å². The molecule has 0 bridgehead atoms. The molecule has 0 amide bonds. The van der Waals surface area contributed by atoms with E-state index in [4.69, 9.17) is 0 Å². The number of hydrogen-bond acceptors (Lipinski definition) is 19. The third kappa shape index (κ3) is 8.56. The summed E-state index contributed by atoms with van der Waals surface area (Å²) in [4.78, 5) is 51.1. The van der Waals surface area contributed by atoms with E-state index in [1.165, 1.54) is 24.3 Å². The zero-order chi connectivity index (χ0) is 51.6. The summed E-state index contributed by atoms with van der Waals surface area (Å²) >= 11 is 0. The van der Waals surface area contributed by atoms with Gasteiger partial charge in [-0.25, -0.2) is 13.4 Å². The number of aliphatic hydroxyl groups excluding tert-OH is 1. The van der Waals surface area contributed by atoms with Crippen molar-refractivity contribution in [2.75, 3.05) is 11.1 Å². The molecule has 8 rings (SSSR count). The van der Waals surface area contributed by atoms with Crippen molar-refractivity contribution in [3.05, 3.63) is 138 Å². The van der Waals surface area contributed by atoms with Crippen LogP contribution in [0.15, 0.2) is 124 Å². The largest absolute Gasteiger partial charge is 0.506 e. The molecule has 0 saturated carbocycles. The number of benzene rings is 5. The van der Waals surface area contributed by atoms with Gasteiger partial charge in [0.25, 0.3) is 56.1 Å². The van der Waals surface area contributed by atoms with Crippen LogP contribution in [0.4, 0.5) is 11.4 Å². The molecule has 0 saturated heterocycles. The topological polar surface area (TPSA) is 419 Å². The van der Waals surface area contributed by atoms with Crippen molar-refractivity contribution in [1.29, 1.82) is 0 Å². The van der Waals surface area contributed by atoms with Gasteiger partial charge in [0, 0.05) is 32.5 Å². The fourth-order valence-corrected chi connectivity index (χ4v) is 13.2. The minimum atomic E-state index is -5.84. The van der Waals surface area contributed by atoms with E-state index in [1.807, 2.05) is 0 Å². The van der Waals surface area contributed by atoms with E-state index in [9.17, 15) is 97.6 Å². The lowest BCUT2D eigenvalue weighted by atomic mass is 9.96. The lowest BCUT2D eigenvalue weighted by Gasteiger charge is -2.18. The SMILES string of the molecule is O=C1c2ccc(S(=O)(=O)O)cc2C(=O)C1CCS(=O)(=O)c1cc(Nc2cc(S(=O)(=O)O)c3nc(=O)c(=C(O)c4cccc(S(=O)(=O)O)c4)c4c5ccccc5c(=O)c2c3=4)c(S(=O)(=O)O)cc1S(=O)(=O)O. The van der Waals surface area contributed by atoms with Crippen LogP contribution < -0.4 is 21.5 Å². The molecule has 70 heavy (non-hydrogen) atoms. The first-order valence-electron chi connectivity index (χ1n) is 19.0. The third-order valence-corrected chi connectivity index (χ3v) is 17.4. The van der Waals surface area contributed by atoms with Crippen LogP contribution in [0, 0.1) is 16.4 Å². The molecule has 0 fully saturated rings. The number of nitrogens with one attached hydrogen (secondary N) is 1. The first-order valence-corrected chi connectivity index (χ1v) is 27.9. The highest BCUT2D eigenvalue weighted by molar-refractivity contribution is 7.93. The second-order valence-electron chi connectivity index (χ2n) is 15.3. The summed E-state index contributed by atoms with van der Waals surface area (Å²) in [5.74, 6) is -6.45. The van der Waals surface area contributed by atoms with E-state index in [2.05, 4.69) is 10.3 Å². The number of Topliss-reactive ketones (excluding diaryl/α,β-unsaturated/α-hetero) is 2. The Morgan fingerprint density at radius 3 is 1.71 bits per heavy atom. The minimum absolute atomic E-state index is 0.0611. The average Bonchev–Trinajstić information content (AvgIpc) is 3.49. The van der Waals surface area contributed by atoms with E-state index >= 15 is 0 Å². The number of rotatable bonds is 12. The number of aromatic nitrogens is 1. The second kappa shape index (κ2) is 16.4. The molecular formula is C40H26N2O22S6. The minimum Gasteiger partial charge on any atom is -0.506 e. The first-order chi connectivity index (χ1) is 32.2. The van der Waals surface area contributed by atoms with Crippen molar-refractivity contribution >= 4 is 111 Å². The lowest BCUT2D eigenvalue weighted by Crippen LogP contribution is -2.33. The Balaban J connectivity index is 1.41. The number of anilines is 2. The highest BCUT2D eigenvalue weighted by atomic mass is 32.2. The summed E-state index contributed by atoms with van der Waals surface area (Å²) < 4.78 is 203. The van der Waals surface area contributed by atoms with Gasteiger partial charge in [0.1, 0.15) is 20.4 Å². The molecule has 0 spiro atoms. The Bertz CT molecular complexity index is 4530. The quantitative estimate of drug-likeness (QED) is 0.0674.